The van der Waals surface area contributed by atoms with E-state index in [9.17, 15) is 4.79 Å². The normalized spacial score (nSPS) is 24.2. The van der Waals surface area contributed by atoms with Gasteiger partial charge in [-0.2, -0.15) is 0 Å². The van der Waals surface area contributed by atoms with Crippen LogP contribution in [0, 0.1) is 11.3 Å². The second-order valence-electron chi connectivity index (χ2n) is 6.17. The summed E-state index contributed by atoms with van der Waals surface area (Å²) in [5.74, 6) is 0.0367. The van der Waals surface area contributed by atoms with Gasteiger partial charge in [0.2, 0.25) is 0 Å². The fraction of sp³-hybridized carbons (Fsp3) is 0.562. The third kappa shape index (κ3) is 2.66. The van der Waals surface area contributed by atoms with Gasteiger partial charge in [0, 0.05) is 6.04 Å². The third-order valence-corrected chi connectivity index (χ3v) is 4.80. The van der Waals surface area contributed by atoms with Crippen LogP contribution < -0.4 is 5.32 Å². The summed E-state index contributed by atoms with van der Waals surface area (Å²) in [7, 11) is 0. The Balaban J connectivity index is 1.46. The minimum atomic E-state index is -0.850. The van der Waals surface area contributed by atoms with Gasteiger partial charge >= 0.3 is 5.97 Å². The summed E-state index contributed by atoms with van der Waals surface area (Å²) in [5.41, 5.74) is 2.22. The highest BCUT2D eigenvalue weighted by atomic mass is 16.4. The summed E-state index contributed by atoms with van der Waals surface area (Å²) in [5, 5.41) is 12.5. The first-order valence-electron chi connectivity index (χ1n) is 7.16. The Morgan fingerprint density at radius 1 is 1.53 bits per heavy atom. The zero-order valence-corrected chi connectivity index (χ0v) is 11.4. The largest absolute Gasteiger partial charge is 0.478 e. The molecule has 2 aliphatic rings. The predicted octanol–water partition coefficient (Wildman–Crippen LogP) is 2.71. The highest BCUT2D eigenvalue weighted by Crippen LogP contribution is 2.71. The number of nitrogens with one attached hydrogen (secondary N) is 1. The summed E-state index contributed by atoms with van der Waals surface area (Å²) < 4.78 is 0. The van der Waals surface area contributed by atoms with Gasteiger partial charge in [-0.25, -0.2) is 4.79 Å². The monoisotopic (exact) mass is 259 g/mol. The molecule has 3 heteroatoms. The lowest BCUT2D eigenvalue weighted by atomic mass is 10.1. The molecule has 0 aromatic heterocycles. The van der Waals surface area contributed by atoms with E-state index in [2.05, 4.69) is 12.2 Å². The lowest BCUT2D eigenvalue weighted by Gasteiger charge is -2.13. The number of benzene rings is 1. The van der Waals surface area contributed by atoms with Crippen molar-refractivity contribution in [2.75, 3.05) is 6.54 Å². The van der Waals surface area contributed by atoms with Crippen LogP contribution in [-0.4, -0.2) is 23.7 Å². The molecule has 2 unspecified atom stereocenters. The second-order valence-corrected chi connectivity index (χ2v) is 6.17. The Morgan fingerprint density at radius 2 is 2.32 bits per heavy atom. The molecule has 2 fully saturated rings. The summed E-state index contributed by atoms with van der Waals surface area (Å²) in [6.45, 7) is 3.21. The van der Waals surface area contributed by atoms with Crippen molar-refractivity contribution < 1.29 is 9.90 Å². The van der Waals surface area contributed by atoms with Gasteiger partial charge < -0.3 is 10.4 Å². The van der Waals surface area contributed by atoms with Crippen molar-refractivity contribution in [3.05, 3.63) is 35.4 Å². The van der Waals surface area contributed by atoms with Gasteiger partial charge in [0.05, 0.1) is 5.56 Å². The highest BCUT2D eigenvalue weighted by molar-refractivity contribution is 5.87. The molecule has 0 radical (unpaired) electrons. The van der Waals surface area contributed by atoms with E-state index in [-0.39, 0.29) is 0 Å². The van der Waals surface area contributed by atoms with Crippen LogP contribution in [0.5, 0.6) is 0 Å². The first kappa shape index (κ1) is 12.7. The zero-order valence-electron chi connectivity index (χ0n) is 11.4. The lowest BCUT2D eigenvalue weighted by Crippen LogP contribution is -2.30. The van der Waals surface area contributed by atoms with Gasteiger partial charge in [-0.05, 0) is 68.2 Å². The molecule has 2 N–H and O–H groups in total. The minimum absolute atomic E-state index is 0.379. The molecule has 1 aromatic rings. The first-order chi connectivity index (χ1) is 9.11. The number of aromatic carboxylic acids is 1. The number of hydrogen-bond acceptors (Lipinski definition) is 2. The third-order valence-electron chi connectivity index (χ3n) is 4.80. The van der Waals surface area contributed by atoms with E-state index in [0.717, 1.165) is 29.9 Å². The van der Waals surface area contributed by atoms with E-state index in [1.54, 1.807) is 12.1 Å². The minimum Gasteiger partial charge on any atom is -0.478 e. The Labute approximate surface area is 114 Å². The summed E-state index contributed by atoms with van der Waals surface area (Å²) in [6, 6.07) is 7.84. The van der Waals surface area contributed by atoms with E-state index in [0.29, 0.717) is 11.6 Å². The van der Waals surface area contributed by atoms with Crippen molar-refractivity contribution in [2.45, 2.75) is 38.6 Å². The fourth-order valence-corrected chi connectivity index (χ4v) is 3.27. The SMILES string of the molecule is CC(NCCc1cccc(C(=O)O)c1)C1CC12CC2. The van der Waals surface area contributed by atoms with Gasteiger partial charge in [0.25, 0.3) is 0 Å². The number of carboxylic acid groups (broad SMARTS) is 1. The van der Waals surface area contributed by atoms with Gasteiger partial charge in [0.1, 0.15) is 0 Å². The molecule has 1 aromatic carbocycles. The van der Waals surface area contributed by atoms with Crippen molar-refractivity contribution in [2.24, 2.45) is 11.3 Å². The van der Waals surface area contributed by atoms with Crippen LogP contribution in [-0.2, 0) is 6.42 Å². The molecule has 2 saturated carbocycles. The highest BCUT2D eigenvalue weighted by Gasteiger charge is 2.63. The van der Waals surface area contributed by atoms with E-state index >= 15 is 0 Å². The van der Waals surface area contributed by atoms with E-state index in [1.165, 1.54) is 19.3 Å². The summed E-state index contributed by atoms with van der Waals surface area (Å²) >= 11 is 0. The van der Waals surface area contributed by atoms with Crippen molar-refractivity contribution in [1.29, 1.82) is 0 Å². The maximum atomic E-state index is 10.9. The topological polar surface area (TPSA) is 49.3 Å². The molecule has 102 valence electrons. The van der Waals surface area contributed by atoms with Crippen molar-refractivity contribution in [3.63, 3.8) is 0 Å². The Hall–Kier alpha value is -1.35. The van der Waals surface area contributed by atoms with Crippen LogP contribution in [0.2, 0.25) is 0 Å². The average molecular weight is 259 g/mol. The standard InChI is InChI=1S/C16H21NO2/c1-11(14-10-16(14)6-7-16)17-8-5-12-3-2-4-13(9-12)15(18)19/h2-4,9,11,14,17H,5-8,10H2,1H3,(H,18,19). The fourth-order valence-electron chi connectivity index (χ4n) is 3.27. The molecule has 1 spiro atoms. The van der Waals surface area contributed by atoms with Crippen LogP contribution in [0.25, 0.3) is 0 Å². The maximum absolute atomic E-state index is 10.9. The molecular weight excluding hydrogens is 238 g/mol. The smallest absolute Gasteiger partial charge is 0.335 e. The molecular formula is C16H21NO2. The molecule has 19 heavy (non-hydrogen) atoms. The Kier molecular flexibility index (Phi) is 3.09. The molecule has 0 saturated heterocycles. The van der Waals surface area contributed by atoms with Crippen LogP contribution in [0.1, 0.15) is 42.1 Å². The van der Waals surface area contributed by atoms with E-state index in [4.69, 9.17) is 5.11 Å². The van der Waals surface area contributed by atoms with Crippen molar-refractivity contribution >= 4 is 5.97 Å². The average Bonchev–Trinajstić information content (AvgIpc) is 3.30. The first-order valence-corrected chi connectivity index (χ1v) is 7.16. The molecule has 2 atom stereocenters. The number of hydrogen-bond donors (Lipinski definition) is 2. The number of carboxylic acids is 1. The lowest BCUT2D eigenvalue weighted by molar-refractivity contribution is 0.0696. The molecule has 0 heterocycles. The van der Waals surface area contributed by atoms with Crippen LogP contribution in [0.4, 0.5) is 0 Å². The van der Waals surface area contributed by atoms with Gasteiger partial charge in [-0.1, -0.05) is 12.1 Å². The zero-order chi connectivity index (χ0) is 13.5. The molecule has 3 rings (SSSR count). The number of rotatable bonds is 6. The van der Waals surface area contributed by atoms with Crippen molar-refractivity contribution in [3.8, 4) is 0 Å². The predicted molar refractivity (Wildman–Crippen MR) is 74.3 cm³/mol. The number of carbonyl (C=O) groups is 1. The Morgan fingerprint density at radius 3 is 2.95 bits per heavy atom. The quantitative estimate of drug-likeness (QED) is 0.826. The van der Waals surface area contributed by atoms with Crippen LogP contribution >= 0.6 is 0 Å². The van der Waals surface area contributed by atoms with Gasteiger partial charge in [-0.15, -0.1) is 0 Å². The molecule has 3 nitrogen and oxygen atoms in total. The second kappa shape index (κ2) is 4.64. The van der Waals surface area contributed by atoms with Gasteiger partial charge in [-0.3, -0.25) is 0 Å². The summed E-state index contributed by atoms with van der Waals surface area (Å²) in [6.07, 6.45) is 5.18. The summed E-state index contributed by atoms with van der Waals surface area (Å²) in [4.78, 5) is 10.9. The van der Waals surface area contributed by atoms with Crippen LogP contribution in [0.15, 0.2) is 24.3 Å². The molecule has 2 aliphatic carbocycles. The van der Waals surface area contributed by atoms with Crippen LogP contribution in [0.3, 0.4) is 0 Å². The molecule has 0 amide bonds. The molecule has 0 aliphatic heterocycles. The Bertz CT molecular complexity index is 493. The van der Waals surface area contributed by atoms with Gasteiger partial charge in [0.15, 0.2) is 0 Å². The van der Waals surface area contributed by atoms with Crippen molar-refractivity contribution in [1.82, 2.24) is 5.32 Å². The molecule has 0 bridgehead atoms. The maximum Gasteiger partial charge on any atom is 0.335 e. The van der Waals surface area contributed by atoms with E-state index in [1.807, 2.05) is 12.1 Å². The van der Waals surface area contributed by atoms with E-state index < -0.39 is 5.97 Å².